The van der Waals surface area contributed by atoms with Gasteiger partial charge in [-0.25, -0.2) is 9.97 Å². The molecule has 4 aromatic rings. The first-order valence-corrected chi connectivity index (χ1v) is 12.3. The smallest absolute Gasteiger partial charge is 0.236 e. The highest BCUT2D eigenvalue weighted by Gasteiger charge is 2.11. The molecule has 0 radical (unpaired) electrons. The van der Waals surface area contributed by atoms with Crippen LogP contribution in [0.4, 0.5) is 5.13 Å². The molecule has 0 bridgehead atoms. The standard InChI is InChI=1S/C20H16BrN3O2S3/c1-2-26-14-7-8-15-17(9-14)29-19(22-15)24-18(25)11-28-20-23-16(10-27-20)12-3-5-13(21)6-4-12/h3-10H,2,11H2,1H3,(H,22,24,25). The highest BCUT2D eigenvalue weighted by Crippen LogP contribution is 2.31. The van der Waals surface area contributed by atoms with Crippen molar-refractivity contribution < 1.29 is 9.53 Å². The minimum Gasteiger partial charge on any atom is -0.494 e. The van der Waals surface area contributed by atoms with Crippen LogP contribution in [0.15, 0.2) is 56.7 Å². The number of amides is 1. The van der Waals surface area contributed by atoms with Gasteiger partial charge in [-0.3, -0.25) is 4.79 Å². The zero-order chi connectivity index (χ0) is 20.2. The van der Waals surface area contributed by atoms with E-state index in [1.165, 1.54) is 23.1 Å². The summed E-state index contributed by atoms with van der Waals surface area (Å²) in [5.41, 5.74) is 2.82. The van der Waals surface area contributed by atoms with Crippen LogP contribution in [0, 0.1) is 0 Å². The van der Waals surface area contributed by atoms with Gasteiger partial charge in [-0.05, 0) is 37.3 Å². The molecular weight excluding hydrogens is 490 g/mol. The number of nitrogens with one attached hydrogen (secondary N) is 1. The van der Waals surface area contributed by atoms with Crippen molar-refractivity contribution in [1.29, 1.82) is 0 Å². The summed E-state index contributed by atoms with van der Waals surface area (Å²) in [6.45, 7) is 2.57. The first-order chi connectivity index (χ1) is 14.1. The number of ether oxygens (including phenoxy) is 1. The molecule has 0 spiro atoms. The number of anilines is 1. The van der Waals surface area contributed by atoms with Gasteiger partial charge in [0, 0.05) is 15.4 Å². The van der Waals surface area contributed by atoms with Gasteiger partial charge < -0.3 is 10.1 Å². The maximum Gasteiger partial charge on any atom is 0.236 e. The average Bonchev–Trinajstić information content (AvgIpc) is 3.33. The van der Waals surface area contributed by atoms with E-state index in [-0.39, 0.29) is 11.7 Å². The fraction of sp³-hybridized carbons (Fsp3) is 0.150. The Hall–Kier alpha value is -1.94. The maximum absolute atomic E-state index is 12.3. The molecule has 29 heavy (non-hydrogen) atoms. The lowest BCUT2D eigenvalue weighted by atomic mass is 10.2. The van der Waals surface area contributed by atoms with Gasteiger partial charge in [-0.15, -0.1) is 11.3 Å². The molecule has 5 nitrogen and oxygen atoms in total. The summed E-state index contributed by atoms with van der Waals surface area (Å²) in [5.74, 6) is 0.995. The van der Waals surface area contributed by atoms with Gasteiger partial charge in [0.25, 0.3) is 0 Å². The molecule has 0 fully saturated rings. The third-order valence-corrected chi connectivity index (χ3v) is 7.35. The molecule has 4 rings (SSSR count). The summed E-state index contributed by atoms with van der Waals surface area (Å²) in [4.78, 5) is 21.4. The van der Waals surface area contributed by atoms with Crippen molar-refractivity contribution in [3.05, 3.63) is 52.3 Å². The van der Waals surface area contributed by atoms with E-state index in [1.54, 1.807) is 11.3 Å². The Morgan fingerprint density at radius 2 is 2.03 bits per heavy atom. The molecule has 0 aliphatic heterocycles. The van der Waals surface area contributed by atoms with Gasteiger partial charge >= 0.3 is 0 Å². The highest BCUT2D eigenvalue weighted by atomic mass is 79.9. The Bertz CT molecular complexity index is 1140. The van der Waals surface area contributed by atoms with Gasteiger partial charge in [0.05, 0.1) is 28.3 Å². The Morgan fingerprint density at radius 3 is 2.83 bits per heavy atom. The predicted octanol–water partition coefficient (Wildman–Crippen LogP) is 6.31. The van der Waals surface area contributed by atoms with E-state index in [2.05, 4.69) is 31.2 Å². The summed E-state index contributed by atoms with van der Waals surface area (Å²) in [6.07, 6.45) is 0. The Labute approximate surface area is 188 Å². The quantitative estimate of drug-likeness (QED) is 0.298. The number of fused-ring (bicyclic) bond motifs is 1. The van der Waals surface area contributed by atoms with Crippen LogP contribution < -0.4 is 10.1 Å². The van der Waals surface area contributed by atoms with Crippen molar-refractivity contribution in [2.45, 2.75) is 11.3 Å². The highest BCUT2D eigenvalue weighted by molar-refractivity contribution is 9.10. The minimum absolute atomic E-state index is 0.0977. The summed E-state index contributed by atoms with van der Waals surface area (Å²) in [7, 11) is 0. The van der Waals surface area contributed by atoms with Crippen LogP contribution in [0.25, 0.3) is 21.5 Å². The summed E-state index contributed by atoms with van der Waals surface area (Å²) in [6, 6.07) is 13.8. The van der Waals surface area contributed by atoms with Gasteiger partial charge in [0.1, 0.15) is 5.75 Å². The molecule has 2 aromatic heterocycles. The predicted molar refractivity (Wildman–Crippen MR) is 125 cm³/mol. The van der Waals surface area contributed by atoms with E-state index < -0.39 is 0 Å². The van der Waals surface area contributed by atoms with E-state index in [0.29, 0.717) is 11.7 Å². The third-order valence-electron chi connectivity index (χ3n) is 3.87. The zero-order valence-electron chi connectivity index (χ0n) is 15.3. The van der Waals surface area contributed by atoms with E-state index in [0.717, 1.165) is 36.0 Å². The molecule has 1 amide bonds. The Morgan fingerprint density at radius 1 is 1.21 bits per heavy atom. The molecule has 9 heteroatoms. The van der Waals surface area contributed by atoms with E-state index in [1.807, 2.05) is 54.8 Å². The zero-order valence-corrected chi connectivity index (χ0v) is 19.4. The fourth-order valence-electron chi connectivity index (χ4n) is 2.57. The van der Waals surface area contributed by atoms with Crippen LogP contribution in [0.3, 0.4) is 0 Å². The molecule has 2 aromatic carbocycles. The molecule has 0 unspecified atom stereocenters. The summed E-state index contributed by atoms with van der Waals surface area (Å²) in [5, 5.41) is 5.47. The van der Waals surface area contributed by atoms with Crippen molar-refractivity contribution >= 4 is 71.6 Å². The van der Waals surface area contributed by atoms with Crippen molar-refractivity contribution in [2.75, 3.05) is 17.7 Å². The lowest BCUT2D eigenvalue weighted by molar-refractivity contribution is -0.113. The van der Waals surface area contributed by atoms with Gasteiger partial charge in [-0.1, -0.05) is 51.2 Å². The third kappa shape index (κ3) is 5.16. The van der Waals surface area contributed by atoms with Crippen LogP contribution in [-0.4, -0.2) is 28.2 Å². The maximum atomic E-state index is 12.3. The van der Waals surface area contributed by atoms with E-state index in [4.69, 9.17) is 4.74 Å². The average molecular weight is 506 g/mol. The Balaban J connectivity index is 1.35. The molecule has 0 atom stereocenters. The van der Waals surface area contributed by atoms with Crippen LogP contribution in [-0.2, 0) is 4.79 Å². The molecule has 0 saturated carbocycles. The number of hydrogen-bond donors (Lipinski definition) is 1. The number of nitrogens with zero attached hydrogens (tertiary/aromatic N) is 2. The number of rotatable bonds is 7. The number of carbonyl (C=O) groups is 1. The first kappa shape index (κ1) is 20.3. The lowest BCUT2D eigenvalue weighted by Gasteiger charge is -2.00. The van der Waals surface area contributed by atoms with Gasteiger partial charge in [0.15, 0.2) is 9.47 Å². The van der Waals surface area contributed by atoms with E-state index in [9.17, 15) is 4.79 Å². The monoisotopic (exact) mass is 505 g/mol. The number of carbonyl (C=O) groups excluding carboxylic acids is 1. The second-order valence-corrected chi connectivity index (χ2v) is 9.95. The molecule has 0 aliphatic rings. The van der Waals surface area contributed by atoms with Crippen LogP contribution in [0.2, 0.25) is 0 Å². The van der Waals surface area contributed by atoms with Crippen LogP contribution in [0.1, 0.15) is 6.92 Å². The van der Waals surface area contributed by atoms with Crippen molar-refractivity contribution in [2.24, 2.45) is 0 Å². The number of benzene rings is 2. The molecule has 2 heterocycles. The number of hydrogen-bond acceptors (Lipinski definition) is 7. The number of aromatic nitrogens is 2. The minimum atomic E-state index is -0.0977. The largest absolute Gasteiger partial charge is 0.494 e. The van der Waals surface area contributed by atoms with Crippen molar-refractivity contribution in [3.63, 3.8) is 0 Å². The van der Waals surface area contributed by atoms with E-state index >= 15 is 0 Å². The second kappa shape index (κ2) is 9.25. The molecule has 0 aliphatic carbocycles. The number of thiazole rings is 2. The topological polar surface area (TPSA) is 64.1 Å². The Kier molecular flexibility index (Phi) is 6.49. The molecule has 1 N–H and O–H groups in total. The number of thioether (sulfide) groups is 1. The SMILES string of the molecule is CCOc1ccc2nc(NC(=O)CSc3nc(-c4ccc(Br)cc4)cs3)sc2c1. The summed E-state index contributed by atoms with van der Waals surface area (Å²) >= 11 is 7.84. The fourth-order valence-corrected chi connectivity index (χ4v) is 5.38. The molecule has 0 saturated heterocycles. The van der Waals surface area contributed by atoms with Crippen LogP contribution in [0.5, 0.6) is 5.75 Å². The van der Waals surface area contributed by atoms with Gasteiger partial charge in [-0.2, -0.15) is 0 Å². The lowest BCUT2D eigenvalue weighted by Crippen LogP contribution is -2.13. The van der Waals surface area contributed by atoms with Crippen LogP contribution >= 0.6 is 50.4 Å². The normalized spacial score (nSPS) is 11.0. The van der Waals surface area contributed by atoms with Gasteiger partial charge in [0.2, 0.25) is 5.91 Å². The van der Waals surface area contributed by atoms with Crippen molar-refractivity contribution in [3.8, 4) is 17.0 Å². The second-order valence-electron chi connectivity index (χ2n) is 5.92. The molecule has 148 valence electrons. The van der Waals surface area contributed by atoms with Crippen molar-refractivity contribution in [1.82, 2.24) is 9.97 Å². The molecular formula is C20H16BrN3O2S3. The summed E-state index contributed by atoms with van der Waals surface area (Å²) < 4.78 is 8.39. The first-order valence-electron chi connectivity index (χ1n) is 8.78. The number of halogens is 1.